The van der Waals surface area contributed by atoms with Gasteiger partial charge in [-0.3, -0.25) is 4.79 Å². The number of carbonyl (C=O) groups is 1. The summed E-state index contributed by atoms with van der Waals surface area (Å²) in [7, 11) is 1.64. The molecule has 2 aromatic heterocycles. The molecule has 0 spiro atoms. The van der Waals surface area contributed by atoms with Gasteiger partial charge in [-0.1, -0.05) is 17.3 Å². The topological polar surface area (TPSA) is 68.5 Å². The van der Waals surface area contributed by atoms with Gasteiger partial charge in [0.15, 0.2) is 0 Å². The molecule has 0 saturated carbocycles. The van der Waals surface area contributed by atoms with E-state index in [0.29, 0.717) is 17.6 Å². The zero-order chi connectivity index (χ0) is 15.8. The maximum atomic E-state index is 12.8. The molecule has 23 heavy (non-hydrogen) atoms. The molecule has 4 rings (SSSR count). The molecule has 1 amide bonds. The highest BCUT2D eigenvalue weighted by atomic mass is 16.5. The summed E-state index contributed by atoms with van der Waals surface area (Å²) in [6, 6.07) is 11.4. The van der Waals surface area contributed by atoms with Gasteiger partial charge in [-0.2, -0.15) is 0 Å². The molecule has 1 atom stereocenters. The molecular formula is C17H15N3O3. The van der Waals surface area contributed by atoms with Gasteiger partial charge in [0.05, 0.1) is 18.5 Å². The number of carbonyl (C=O) groups excluding carboxylic acids is 1. The van der Waals surface area contributed by atoms with E-state index in [9.17, 15) is 4.79 Å². The predicted octanol–water partition coefficient (Wildman–Crippen LogP) is 2.82. The van der Waals surface area contributed by atoms with Gasteiger partial charge in [-0.05, 0) is 36.2 Å². The first-order chi connectivity index (χ1) is 11.3. The Bertz CT molecular complexity index is 874. The summed E-state index contributed by atoms with van der Waals surface area (Å²) in [4.78, 5) is 18.7. The number of methoxy groups -OCH3 is 1. The summed E-state index contributed by atoms with van der Waals surface area (Å²) in [6.07, 6.45) is 2.55. The van der Waals surface area contributed by atoms with Crippen LogP contribution < -0.4 is 4.74 Å². The number of pyridine rings is 1. The molecule has 6 heteroatoms. The molecule has 3 heterocycles. The molecule has 116 valence electrons. The monoisotopic (exact) mass is 309 g/mol. The van der Waals surface area contributed by atoms with Gasteiger partial charge in [-0.25, -0.2) is 4.98 Å². The van der Waals surface area contributed by atoms with Crippen LogP contribution in [-0.2, 0) is 0 Å². The first kappa shape index (κ1) is 13.8. The quantitative estimate of drug-likeness (QED) is 0.744. The van der Waals surface area contributed by atoms with Crippen molar-refractivity contribution >= 4 is 16.9 Å². The van der Waals surface area contributed by atoms with Gasteiger partial charge < -0.3 is 14.2 Å². The Morgan fingerprint density at radius 2 is 2.26 bits per heavy atom. The van der Waals surface area contributed by atoms with E-state index >= 15 is 0 Å². The number of aromatic nitrogens is 2. The highest BCUT2D eigenvalue weighted by Crippen LogP contribution is 2.36. The number of benzene rings is 1. The summed E-state index contributed by atoms with van der Waals surface area (Å²) in [6.45, 7) is 0.698. The molecule has 0 bridgehead atoms. The van der Waals surface area contributed by atoms with Crippen molar-refractivity contribution in [3.63, 3.8) is 0 Å². The van der Waals surface area contributed by atoms with Crippen LogP contribution in [0.4, 0.5) is 0 Å². The van der Waals surface area contributed by atoms with Gasteiger partial charge in [0.2, 0.25) is 11.4 Å². The molecule has 0 radical (unpaired) electrons. The van der Waals surface area contributed by atoms with E-state index in [1.165, 1.54) is 0 Å². The van der Waals surface area contributed by atoms with Crippen LogP contribution in [0.15, 0.2) is 47.1 Å². The molecule has 3 aromatic rings. The van der Waals surface area contributed by atoms with Crippen LogP contribution in [-0.4, -0.2) is 34.6 Å². The van der Waals surface area contributed by atoms with E-state index in [1.54, 1.807) is 30.3 Å². The first-order valence-electron chi connectivity index (χ1n) is 7.43. The lowest BCUT2D eigenvalue weighted by Gasteiger charge is -2.40. The lowest BCUT2D eigenvalue weighted by atomic mass is 9.94. The van der Waals surface area contributed by atoms with Crippen molar-refractivity contribution in [2.45, 2.75) is 12.5 Å². The van der Waals surface area contributed by atoms with Crippen LogP contribution in [0.1, 0.15) is 28.6 Å². The van der Waals surface area contributed by atoms with E-state index in [4.69, 9.17) is 9.26 Å². The SMILES string of the molecule is COc1cccc(C2CCN2C(=O)c2onc3ncccc23)c1. The minimum atomic E-state index is -0.153. The molecule has 0 N–H and O–H groups in total. The van der Waals surface area contributed by atoms with Crippen molar-refractivity contribution < 1.29 is 14.1 Å². The second-order valence-electron chi connectivity index (χ2n) is 5.47. The summed E-state index contributed by atoms with van der Waals surface area (Å²) >= 11 is 0. The van der Waals surface area contributed by atoms with Gasteiger partial charge in [0, 0.05) is 12.7 Å². The molecule has 1 aliphatic rings. The van der Waals surface area contributed by atoms with Crippen molar-refractivity contribution in [1.82, 2.24) is 15.0 Å². The second kappa shape index (κ2) is 5.39. The molecule has 1 aromatic carbocycles. The lowest BCUT2D eigenvalue weighted by Crippen LogP contribution is -2.45. The van der Waals surface area contributed by atoms with Crippen LogP contribution in [0.5, 0.6) is 5.75 Å². The molecular weight excluding hydrogens is 294 g/mol. The number of amides is 1. The summed E-state index contributed by atoms with van der Waals surface area (Å²) < 4.78 is 10.5. The zero-order valence-corrected chi connectivity index (χ0v) is 12.6. The maximum Gasteiger partial charge on any atom is 0.293 e. The van der Waals surface area contributed by atoms with E-state index in [1.807, 2.05) is 24.3 Å². The van der Waals surface area contributed by atoms with Crippen molar-refractivity contribution in [2.24, 2.45) is 0 Å². The Kier molecular flexibility index (Phi) is 3.22. The fourth-order valence-corrected chi connectivity index (χ4v) is 2.90. The van der Waals surface area contributed by atoms with Crippen molar-refractivity contribution in [1.29, 1.82) is 0 Å². The van der Waals surface area contributed by atoms with Gasteiger partial charge in [-0.15, -0.1) is 0 Å². The van der Waals surface area contributed by atoms with Crippen LogP contribution in [0.25, 0.3) is 11.0 Å². The first-order valence-corrected chi connectivity index (χ1v) is 7.43. The Morgan fingerprint density at radius 1 is 1.35 bits per heavy atom. The van der Waals surface area contributed by atoms with Crippen molar-refractivity contribution in [3.8, 4) is 5.75 Å². The number of ether oxygens (including phenoxy) is 1. The van der Waals surface area contributed by atoms with Crippen molar-refractivity contribution in [2.75, 3.05) is 13.7 Å². The highest BCUT2D eigenvalue weighted by molar-refractivity contribution is 6.03. The van der Waals surface area contributed by atoms with Crippen LogP contribution >= 0.6 is 0 Å². The van der Waals surface area contributed by atoms with E-state index in [2.05, 4.69) is 10.1 Å². The average molecular weight is 309 g/mol. The molecule has 0 aliphatic carbocycles. The number of rotatable bonds is 3. The average Bonchev–Trinajstić information content (AvgIpc) is 2.98. The summed E-state index contributed by atoms with van der Waals surface area (Å²) in [5, 5.41) is 4.50. The largest absolute Gasteiger partial charge is 0.497 e. The summed E-state index contributed by atoms with van der Waals surface area (Å²) in [5.41, 5.74) is 1.51. The minimum absolute atomic E-state index is 0.0365. The third-order valence-corrected chi connectivity index (χ3v) is 4.21. The smallest absolute Gasteiger partial charge is 0.293 e. The zero-order valence-electron chi connectivity index (χ0n) is 12.6. The molecule has 1 aliphatic heterocycles. The fraction of sp³-hybridized carbons (Fsp3) is 0.235. The number of likely N-dealkylation sites (tertiary alicyclic amines) is 1. The van der Waals surface area contributed by atoms with E-state index < -0.39 is 0 Å². The number of hydrogen-bond acceptors (Lipinski definition) is 5. The standard InChI is InChI=1S/C17H15N3O3/c1-22-12-5-2-4-11(10-12)14-7-9-20(14)17(21)15-13-6-3-8-18-16(13)19-23-15/h2-6,8,10,14H,7,9H2,1H3. The van der Waals surface area contributed by atoms with E-state index in [0.717, 1.165) is 17.7 Å². The second-order valence-corrected chi connectivity index (χ2v) is 5.47. The van der Waals surface area contributed by atoms with Crippen LogP contribution in [0.2, 0.25) is 0 Å². The van der Waals surface area contributed by atoms with Gasteiger partial charge in [0.1, 0.15) is 5.75 Å². The Hall–Kier alpha value is -2.89. The third-order valence-electron chi connectivity index (χ3n) is 4.21. The van der Waals surface area contributed by atoms with Gasteiger partial charge in [0.25, 0.3) is 5.91 Å². The molecule has 1 unspecified atom stereocenters. The molecule has 6 nitrogen and oxygen atoms in total. The maximum absolute atomic E-state index is 12.8. The van der Waals surface area contributed by atoms with Crippen LogP contribution in [0.3, 0.4) is 0 Å². The molecule has 1 saturated heterocycles. The lowest BCUT2D eigenvalue weighted by molar-refractivity contribution is 0.0421. The number of nitrogens with zero attached hydrogens (tertiary/aromatic N) is 3. The van der Waals surface area contributed by atoms with Gasteiger partial charge >= 0.3 is 0 Å². The third kappa shape index (κ3) is 2.23. The number of hydrogen-bond donors (Lipinski definition) is 0. The normalized spacial score (nSPS) is 17.1. The Labute approximate surface area is 132 Å². The predicted molar refractivity (Wildman–Crippen MR) is 83.2 cm³/mol. The van der Waals surface area contributed by atoms with Crippen molar-refractivity contribution in [3.05, 3.63) is 53.9 Å². The summed E-state index contributed by atoms with van der Waals surface area (Å²) in [5.74, 6) is 0.886. The highest BCUT2D eigenvalue weighted by Gasteiger charge is 2.36. The Balaban J connectivity index is 1.64. The molecule has 1 fully saturated rings. The van der Waals surface area contributed by atoms with E-state index in [-0.39, 0.29) is 17.7 Å². The fourth-order valence-electron chi connectivity index (χ4n) is 2.90. The minimum Gasteiger partial charge on any atom is -0.497 e. The van der Waals surface area contributed by atoms with Crippen LogP contribution in [0, 0.1) is 0 Å². The Morgan fingerprint density at radius 3 is 3.04 bits per heavy atom. The number of fused-ring (bicyclic) bond motifs is 1.